The van der Waals surface area contributed by atoms with Crippen LogP contribution in [0.1, 0.15) is 78.1 Å². The van der Waals surface area contributed by atoms with E-state index in [0.29, 0.717) is 69.0 Å². The van der Waals surface area contributed by atoms with Crippen molar-refractivity contribution in [1.82, 2.24) is 29.9 Å². The molecule has 2 aromatic rings. The van der Waals surface area contributed by atoms with E-state index in [2.05, 4.69) is 29.2 Å². The number of carbonyl (C=O) groups excluding carboxylic acids is 3. The molecule has 0 saturated heterocycles. The van der Waals surface area contributed by atoms with E-state index in [9.17, 15) is 14.4 Å². The van der Waals surface area contributed by atoms with E-state index < -0.39 is 0 Å². The van der Waals surface area contributed by atoms with Crippen LogP contribution < -0.4 is 5.32 Å². The molecule has 9 heteroatoms. The topological polar surface area (TPSA) is 100 Å². The van der Waals surface area contributed by atoms with E-state index >= 15 is 0 Å². The summed E-state index contributed by atoms with van der Waals surface area (Å²) in [4.78, 5) is 47.6. The van der Waals surface area contributed by atoms with Crippen LogP contribution >= 0.6 is 0 Å². The Labute approximate surface area is 213 Å². The second kappa shape index (κ2) is 11.7. The number of hydrogen-bond acceptors (Lipinski definition) is 5. The fraction of sp³-hybridized carbons (Fsp3) is 0.593. The molecule has 4 rings (SSSR count). The third-order valence-corrected chi connectivity index (χ3v) is 7.28. The van der Waals surface area contributed by atoms with Crippen LogP contribution in [0.25, 0.3) is 0 Å². The Balaban J connectivity index is 1.59. The van der Waals surface area contributed by atoms with E-state index in [0.717, 1.165) is 30.5 Å². The standard InChI is InChI=1S/C27H38N6O3/c1-19(2)11-17-33-21-7-8-23-22(18-21)25(30-31(23)3)26(35)29-12-5-16-32(15-4-6-24(33)34)27(36)20-9-13-28-14-10-20/h9-10,13-14,19,21H,4-8,11-12,15-18H2,1-3H3,(H,29,35). The zero-order valence-corrected chi connectivity index (χ0v) is 21.7. The van der Waals surface area contributed by atoms with Gasteiger partial charge in [0.1, 0.15) is 0 Å². The lowest BCUT2D eigenvalue weighted by molar-refractivity contribution is -0.134. The monoisotopic (exact) mass is 494 g/mol. The zero-order chi connectivity index (χ0) is 25.7. The van der Waals surface area contributed by atoms with E-state index in [4.69, 9.17) is 0 Å². The second-order valence-electron chi connectivity index (χ2n) is 10.3. The first-order chi connectivity index (χ1) is 17.3. The number of aryl methyl sites for hydroxylation is 1. The van der Waals surface area contributed by atoms with Crippen LogP contribution in [0, 0.1) is 5.92 Å². The molecular formula is C27H38N6O3. The lowest BCUT2D eigenvalue weighted by atomic mass is 9.89. The summed E-state index contributed by atoms with van der Waals surface area (Å²) < 4.78 is 1.82. The van der Waals surface area contributed by atoms with E-state index in [-0.39, 0.29) is 23.8 Å². The number of carbonyl (C=O) groups is 3. The molecule has 2 bridgehead atoms. The number of nitrogens with one attached hydrogen (secondary N) is 1. The van der Waals surface area contributed by atoms with Crippen LogP contribution in [-0.2, 0) is 24.7 Å². The fourth-order valence-electron chi connectivity index (χ4n) is 5.24. The summed E-state index contributed by atoms with van der Waals surface area (Å²) in [6, 6.07) is 3.47. The lowest BCUT2D eigenvalue weighted by Crippen LogP contribution is -2.45. The molecule has 9 nitrogen and oxygen atoms in total. The molecule has 2 aliphatic rings. The average molecular weight is 495 g/mol. The number of fused-ring (bicyclic) bond motifs is 1. The van der Waals surface area contributed by atoms with Crippen molar-refractivity contribution in [3.63, 3.8) is 0 Å². The Hall–Kier alpha value is -3.23. The van der Waals surface area contributed by atoms with Gasteiger partial charge in [0.15, 0.2) is 5.69 Å². The van der Waals surface area contributed by atoms with Crippen LogP contribution in [0.2, 0.25) is 0 Å². The first-order valence-corrected chi connectivity index (χ1v) is 13.2. The molecule has 1 aliphatic carbocycles. The zero-order valence-electron chi connectivity index (χ0n) is 21.7. The minimum Gasteiger partial charge on any atom is -0.351 e. The fourth-order valence-corrected chi connectivity index (χ4v) is 5.24. The Morgan fingerprint density at radius 2 is 1.89 bits per heavy atom. The van der Waals surface area contributed by atoms with Gasteiger partial charge in [-0.2, -0.15) is 5.10 Å². The highest BCUT2D eigenvalue weighted by Gasteiger charge is 2.33. The lowest BCUT2D eigenvalue weighted by Gasteiger charge is -2.35. The number of aromatic nitrogens is 3. The number of amides is 3. The molecule has 1 aliphatic heterocycles. The van der Waals surface area contributed by atoms with Crippen LogP contribution in [0.5, 0.6) is 0 Å². The molecule has 0 spiro atoms. The van der Waals surface area contributed by atoms with Crippen molar-refractivity contribution in [3.05, 3.63) is 47.0 Å². The number of hydrogen-bond donors (Lipinski definition) is 1. The highest BCUT2D eigenvalue weighted by atomic mass is 16.2. The van der Waals surface area contributed by atoms with Crippen molar-refractivity contribution in [2.75, 3.05) is 26.2 Å². The molecule has 0 aromatic carbocycles. The summed E-state index contributed by atoms with van der Waals surface area (Å²) in [7, 11) is 1.89. The van der Waals surface area contributed by atoms with Crippen molar-refractivity contribution in [3.8, 4) is 0 Å². The molecule has 2 aromatic heterocycles. The average Bonchev–Trinajstić information content (AvgIpc) is 3.20. The number of pyridine rings is 1. The molecule has 0 fully saturated rings. The van der Waals surface area contributed by atoms with Gasteiger partial charge in [0.2, 0.25) is 5.91 Å². The predicted octanol–water partition coefficient (Wildman–Crippen LogP) is 2.60. The molecule has 1 unspecified atom stereocenters. The molecule has 0 saturated carbocycles. The molecule has 0 radical (unpaired) electrons. The highest BCUT2D eigenvalue weighted by molar-refractivity contribution is 5.94. The maximum atomic E-state index is 13.5. The second-order valence-corrected chi connectivity index (χ2v) is 10.3. The molecule has 1 atom stereocenters. The molecule has 36 heavy (non-hydrogen) atoms. The van der Waals surface area contributed by atoms with Crippen LogP contribution in [-0.4, -0.2) is 74.5 Å². The van der Waals surface area contributed by atoms with Crippen molar-refractivity contribution in [2.24, 2.45) is 13.0 Å². The van der Waals surface area contributed by atoms with Crippen molar-refractivity contribution >= 4 is 17.7 Å². The van der Waals surface area contributed by atoms with Gasteiger partial charge in [-0.25, -0.2) is 0 Å². The number of rotatable bonds is 4. The highest BCUT2D eigenvalue weighted by Crippen LogP contribution is 2.28. The summed E-state index contributed by atoms with van der Waals surface area (Å²) in [6.07, 6.45) is 8.10. The molecule has 194 valence electrons. The summed E-state index contributed by atoms with van der Waals surface area (Å²) >= 11 is 0. The Morgan fingerprint density at radius 3 is 2.64 bits per heavy atom. The van der Waals surface area contributed by atoms with Crippen LogP contribution in [0.4, 0.5) is 0 Å². The minimum atomic E-state index is -0.186. The predicted molar refractivity (Wildman–Crippen MR) is 137 cm³/mol. The van der Waals surface area contributed by atoms with Gasteiger partial charge in [-0.3, -0.25) is 24.0 Å². The first-order valence-electron chi connectivity index (χ1n) is 13.2. The van der Waals surface area contributed by atoms with Crippen molar-refractivity contribution in [2.45, 2.75) is 64.8 Å². The third-order valence-electron chi connectivity index (χ3n) is 7.28. The smallest absolute Gasteiger partial charge is 0.272 e. The summed E-state index contributed by atoms with van der Waals surface area (Å²) in [6.45, 7) is 6.49. The Kier molecular flexibility index (Phi) is 8.38. The molecule has 3 heterocycles. The van der Waals surface area contributed by atoms with Crippen LogP contribution in [0.3, 0.4) is 0 Å². The van der Waals surface area contributed by atoms with Gasteiger partial charge in [0.25, 0.3) is 11.8 Å². The van der Waals surface area contributed by atoms with Crippen molar-refractivity contribution in [1.29, 1.82) is 0 Å². The van der Waals surface area contributed by atoms with Gasteiger partial charge in [0.05, 0.1) is 0 Å². The van der Waals surface area contributed by atoms with Crippen LogP contribution in [0.15, 0.2) is 24.5 Å². The van der Waals surface area contributed by atoms with Gasteiger partial charge in [-0.15, -0.1) is 0 Å². The first kappa shape index (κ1) is 25.9. The van der Waals surface area contributed by atoms with E-state index in [1.54, 1.807) is 29.4 Å². The number of nitrogens with zero attached hydrogens (tertiary/aromatic N) is 5. The molecular weight excluding hydrogens is 456 g/mol. The van der Waals surface area contributed by atoms with E-state index in [1.165, 1.54) is 0 Å². The third kappa shape index (κ3) is 5.94. The Bertz CT molecular complexity index is 1080. The maximum Gasteiger partial charge on any atom is 0.272 e. The summed E-state index contributed by atoms with van der Waals surface area (Å²) in [5.41, 5.74) is 3.10. The SMILES string of the molecule is CC(C)CCN1C(=O)CCCN(C(=O)c2ccncc2)CCCNC(=O)c2nn(C)c3c2CC1CC3. The molecule has 1 N–H and O–H groups in total. The quantitative estimate of drug-likeness (QED) is 0.704. The largest absolute Gasteiger partial charge is 0.351 e. The molecule has 3 amide bonds. The van der Waals surface area contributed by atoms with Crippen molar-refractivity contribution < 1.29 is 14.4 Å². The Morgan fingerprint density at radius 1 is 1.14 bits per heavy atom. The van der Waals surface area contributed by atoms with Gasteiger partial charge in [-0.1, -0.05) is 13.8 Å². The van der Waals surface area contributed by atoms with E-state index in [1.807, 2.05) is 16.6 Å². The maximum absolute atomic E-state index is 13.5. The summed E-state index contributed by atoms with van der Waals surface area (Å²) in [5.74, 6) is 0.353. The normalized spacial score (nSPS) is 19.6. The van der Waals surface area contributed by atoms with Gasteiger partial charge < -0.3 is 15.1 Å². The van der Waals surface area contributed by atoms with Gasteiger partial charge in [0, 0.05) is 74.9 Å². The van der Waals surface area contributed by atoms with Gasteiger partial charge >= 0.3 is 0 Å². The van der Waals surface area contributed by atoms with Gasteiger partial charge in [-0.05, 0) is 56.6 Å². The minimum absolute atomic E-state index is 0.0548. The summed E-state index contributed by atoms with van der Waals surface area (Å²) in [5, 5.41) is 7.55.